The highest BCUT2D eigenvalue weighted by Crippen LogP contribution is 2.29. The zero-order chi connectivity index (χ0) is 11.9. The number of ketones is 1. The third-order valence-electron chi connectivity index (χ3n) is 2.87. The highest BCUT2D eigenvalue weighted by atomic mass is 19.1. The Bertz CT molecular complexity index is 478. The summed E-state index contributed by atoms with van der Waals surface area (Å²) in [5.74, 6) is -0.521. The van der Waals surface area contributed by atoms with Gasteiger partial charge in [-0.25, -0.2) is 4.39 Å². The van der Waals surface area contributed by atoms with E-state index in [-0.39, 0.29) is 16.8 Å². The third-order valence-corrected chi connectivity index (χ3v) is 2.87. The first-order valence-electron chi connectivity index (χ1n) is 5.43. The van der Waals surface area contributed by atoms with Gasteiger partial charge in [0, 0.05) is 6.42 Å². The monoisotopic (exact) mass is 218 g/mol. The molecule has 0 saturated carbocycles. The van der Waals surface area contributed by atoms with E-state index < -0.39 is 5.82 Å². The van der Waals surface area contributed by atoms with Gasteiger partial charge in [0.25, 0.3) is 0 Å². The fourth-order valence-electron chi connectivity index (χ4n) is 1.88. The van der Waals surface area contributed by atoms with Crippen LogP contribution in [0.3, 0.4) is 0 Å². The number of benzene rings is 1. The number of halogens is 1. The maximum absolute atomic E-state index is 13.9. The van der Waals surface area contributed by atoms with Crippen molar-refractivity contribution in [3.8, 4) is 0 Å². The lowest BCUT2D eigenvalue weighted by Gasteiger charge is -2.21. The summed E-state index contributed by atoms with van der Waals surface area (Å²) >= 11 is 0. The lowest BCUT2D eigenvalue weighted by Crippen LogP contribution is -2.15. The van der Waals surface area contributed by atoms with Crippen LogP contribution in [0.1, 0.15) is 48.7 Å². The predicted octanol–water partition coefficient (Wildman–Crippen LogP) is 3.72. The number of allylic oxidation sites excluding steroid dienone is 1. The molecule has 1 aliphatic carbocycles. The maximum Gasteiger partial charge on any atom is 0.170 e. The quantitative estimate of drug-likeness (QED) is 0.648. The van der Waals surface area contributed by atoms with Crippen molar-refractivity contribution in [3.63, 3.8) is 0 Å². The van der Waals surface area contributed by atoms with E-state index in [0.717, 1.165) is 5.56 Å². The van der Waals surface area contributed by atoms with E-state index in [4.69, 9.17) is 0 Å². The summed E-state index contributed by atoms with van der Waals surface area (Å²) in [4.78, 5) is 11.6. The van der Waals surface area contributed by atoms with Gasteiger partial charge in [-0.05, 0) is 22.6 Å². The normalized spacial score (nSPS) is 15.1. The summed E-state index contributed by atoms with van der Waals surface area (Å²) in [7, 11) is 0. The predicted molar refractivity (Wildman–Crippen MR) is 63.1 cm³/mol. The summed E-state index contributed by atoms with van der Waals surface area (Å²) in [6.45, 7) is 6.09. The van der Waals surface area contributed by atoms with Crippen molar-refractivity contribution in [1.82, 2.24) is 0 Å². The topological polar surface area (TPSA) is 17.1 Å². The number of Topliss-reactive ketones (excluding diaryl/α,β-unsaturated/α-hetero) is 1. The van der Waals surface area contributed by atoms with Crippen LogP contribution in [0.25, 0.3) is 6.08 Å². The van der Waals surface area contributed by atoms with Crippen molar-refractivity contribution in [2.75, 3.05) is 0 Å². The Balaban J connectivity index is 2.64. The Labute approximate surface area is 95.0 Å². The second-order valence-corrected chi connectivity index (χ2v) is 5.20. The number of hydrogen-bond acceptors (Lipinski definition) is 1. The van der Waals surface area contributed by atoms with Crippen LogP contribution in [0.5, 0.6) is 0 Å². The van der Waals surface area contributed by atoms with Crippen LogP contribution < -0.4 is 0 Å². The molecular weight excluding hydrogens is 203 g/mol. The Kier molecular flexibility index (Phi) is 2.45. The van der Waals surface area contributed by atoms with E-state index in [9.17, 15) is 9.18 Å². The first-order valence-corrected chi connectivity index (χ1v) is 5.43. The molecule has 84 valence electrons. The summed E-state index contributed by atoms with van der Waals surface area (Å²) in [6, 6.07) is 3.39. The molecule has 0 atom stereocenters. The van der Waals surface area contributed by atoms with Gasteiger partial charge in [-0.3, -0.25) is 4.79 Å². The first kappa shape index (κ1) is 11.1. The smallest absolute Gasteiger partial charge is 0.170 e. The number of carbonyl (C=O) groups excluding carboxylic acids is 1. The van der Waals surface area contributed by atoms with Gasteiger partial charge >= 0.3 is 0 Å². The fourth-order valence-corrected chi connectivity index (χ4v) is 1.88. The highest BCUT2D eigenvalue weighted by Gasteiger charge is 2.22. The molecule has 0 unspecified atom stereocenters. The van der Waals surface area contributed by atoms with Crippen molar-refractivity contribution < 1.29 is 9.18 Å². The Morgan fingerprint density at radius 3 is 2.56 bits per heavy atom. The van der Waals surface area contributed by atoms with Gasteiger partial charge in [-0.1, -0.05) is 39.0 Å². The summed E-state index contributed by atoms with van der Waals surface area (Å²) in [5.41, 5.74) is 1.77. The Morgan fingerprint density at radius 2 is 1.94 bits per heavy atom. The lowest BCUT2D eigenvalue weighted by atomic mass is 9.83. The van der Waals surface area contributed by atoms with Gasteiger partial charge in [0.15, 0.2) is 5.78 Å². The number of carbonyl (C=O) groups is 1. The van der Waals surface area contributed by atoms with Gasteiger partial charge in [-0.2, -0.15) is 0 Å². The van der Waals surface area contributed by atoms with Gasteiger partial charge in [0.2, 0.25) is 0 Å². The molecule has 2 rings (SSSR count). The van der Waals surface area contributed by atoms with Crippen LogP contribution in [0, 0.1) is 5.82 Å². The van der Waals surface area contributed by atoms with Crippen LogP contribution in [0.4, 0.5) is 4.39 Å². The van der Waals surface area contributed by atoms with Crippen molar-refractivity contribution in [1.29, 1.82) is 0 Å². The van der Waals surface area contributed by atoms with Gasteiger partial charge < -0.3 is 0 Å². The second kappa shape index (κ2) is 3.55. The molecule has 0 amide bonds. The fraction of sp³-hybridized carbons (Fsp3) is 0.357. The average molecular weight is 218 g/mol. The standard InChI is InChI=1S/C14H15FO/c1-14(2,3)10-7-9-5-4-6-12(16)13(9)11(15)8-10/h4-5,7-8H,6H2,1-3H3. The molecule has 0 fully saturated rings. The largest absolute Gasteiger partial charge is 0.294 e. The lowest BCUT2D eigenvalue weighted by molar-refractivity contribution is 0.0990. The van der Waals surface area contributed by atoms with E-state index in [1.807, 2.05) is 32.9 Å². The zero-order valence-electron chi connectivity index (χ0n) is 9.80. The number of fused-ring (bicyclic) bond motifs is 1. The molecule has 16 heavy (non-hydrogen) atoms. The minimum absolute atomic E-state index is 0.107. The van der Waals surface area contributed by atoms with Gasteiger partial charge in [0.1, 0.15) is 5.82 Å². The second-order valence-electron chi connectivity index (χ2n) is 5.20. The van der Waals surface area contributed by atoms with Crippen LogP contribution >= 0.6 is 0 Å². The van der Waals surface area contributed by atoms with Gasteiger partial charge in [0.05, 0.1) is 5.56 Å². The van der Waals surface area contributed by atoms with E-state index in [1.165, 1.54) is 6.07 Å². The van der Waals surface area contributed by atoms with Crippen LogP contribution in [-0.2, 0) is 5.41 Å². The van der Waals surface area contributed by atoms with Crippen LogP contribution in [0.15, 0.2) is 18.2 Å². The van der Waals surface area contributed by atoms with Crippen molar-refractivity contribution in [2.45, 2.75) is 32.6 Å². The van der Waals surface area contributed by atoms with E-state index in [1.54, 1.807) is 6.08 Å². The van der Waals surface area contributed by atoms with Crippen molar-refractivity contribution >= 4 is 11.9 Å². The molecule has 0 heterocycles. The third kappa shape index (κ3) is 1.80. The Hall–Kier alpha value is -1.44. The molecule has 0 N–H and O–H groups in total. The Morgan fingerprint density at radius 1 is 1.25 bits per heavy atom. The summed E-state index contributed by atoms with van der Waals surface area (Å²) in [6.07, 6.45) is 3.92. The summed E-state index contributed by atoms with van der Waals surface area (Å²) < 4.78 is 13.9. The molecule has 2 heteroatoms. The minimum Gasteiger partial charge on any atom is -0.294 e. The minimum atomic E-state index is -0.392. The molecule has 1 aliphatic rings. The van der Waals surface area contributed by atoms with E-state index >= 15 is 0 Å². The van der Waals surface area contributed by atoms with Crippen molar-refractivity contribution in [2.24, 2.45) is 0 Å². The first-order chi connectivity index (χ1) is 7.39. The molecule has 0 spiro atoms. The zero-order valence-corrected chi connectivity index (χ0v) is 9.80. The molecular formula is C14H15FO. The molecule has 1 nitrogen and oxygen atoms in total. The van der Waals surface area contributed by atoms with Gasteiger partial charge in [-0.15, -0.1) is 0 Å². The molecule has 0 aliphatic heterocycles. The van der Waals surface area contributed by atoms with Crippen molar-refractivity contribution in [3.05, 3.63) is 40.7 Å². The average Bonchev–Trinajstić information content (AvgIpc) is 2.15. The molecule has 1 aromatic carbocycles. The molecule has 1 aromatic rings. The highest BCUT2D eigenvalue weighted by molar-refractivity contribution is 6.03. The van der Waals surface area contributed by atoms with Crippen LogP contribution in [-0.4, -0.2) is 5.78 Å². The summed E-state index contributed by atoms with van der Waals surface area (Å²) in [5, 5.41) is 0. The molecule has 0 radical (unpaired) electrons. The SMILES string of the molecule is CC(C)(C)c1cc(F)c2c(c1)C=CCC2=O. The van der Waals surface area contributed by atoms with E-state index in [0.29, 0.717) is 12.0 Å². The van der Waals surface area contributed by atoms with E-state index in [2.05, 4.69) is 0 Å². The molecule has 0 saturated heterocycles. The van der Waals surface area contributed by atoms with Crippen LogP contribution in [0.2, 0.25) is 0 Å². The number of hydrogen-bond donors (Lipinski definition) is 0. The molecule has 0 aromatic heterocycles. The maximum atomic E-state index is 13.9. The number of rotatable bonds is 0. The molecule has 0 bridgehead atoms.